The first kappa shape index (κ1) is 15.7. The van der Waals surface area contributed by atoms with Crippen molar-refractivity contribution in [2.24, 2.45) is 0 Å². The van der Waals surface area contributed by atoms with Gasteiger partial charge in [0.2, 0.25) is 12.6 Å². The number of halogens is 2. The van der Waals surface area contributed by atoms with E-state index in [0.29, 0.717) is 0 Å². The lowest BCUT2D eigenvalue weighted by Gasteiger charge is -2.09. The number of benzene rings is 1. The van der Waals surface area contributed by atoms with E-state index in [9.17, 15) is 14.3 Å². The monoisotopic (exact) mass is 282 g/mol. The smallest absolute Gasteiger partial charge is 0.222 e. The second-order valence-corrected chi connectivity index (χ2v) is 6.20. The molecule has 0 saturated heterocycles. The van der Waals surface area contributed by atoms with Gasteiger partial charge in [-0.05, 0) is 17.2 Å². The first-order chi connectivity index (χ1) is 6.99. The molecule has 1 rings (SSSR count). The van der Waals surface area contributed by atoms with Crippen LogP contribution in [0.15, 0.2) is 30.3 Å². The lowest BCUT2D eigenvalue weighted by Crippen LogP contribution is -1.97. The average molecular weight is 283 g/mol. The molecule has 0 radical (unpaired) electrons. The fourth-order valence-corrected chi connectivity index (χ4v) is 2.93. The maximum absolute atomic E-state index is 11.6. The second kappa shape index (κ2) is 7.08. The summed E-state index contributed by atoms with van der Waals surface area (Å²) >= 11 is 5.12. The van der Waals surface area contributed by atoms with Crippen molar-refractivity contribution in [1.82, 2.24) is 0 Å². The zero-order valence-corrected chi connectivity index (χ0v) is 11.0. The molecule has 1 N–H and O–H groups in total. The molecule has 1 aromatic carbocycles. The summed E-state index contributed by atoms with van der Waals surface area (Å²) in [4.78, 5) is 20.0. The summed E-state index contributed by atoms with van der Waals surface area (Å²) in [5.74, 6) is 0. The van der Waals surface area contributed by atoms with Gasteiger partial charge in [-0.2, -0.15) is 0 Å². The molecular formula is C10H13Cl2O3P. The molecule has 1 unspecified atom stereocenters. The van der Waals surface area contributed by atoms with Crippen LogP contribution in [-0.2, 0) is 15.5 Å². The maximum Gasteiger partial charge on any atom is 0.222 e. The summed E-state index contributed by atoms with van der Waals surface area (Å²) < 4.78 is 11.6. The predicted molar refractivity (Wildman–Crippen MR) is 67.6 cm³/mol. The number of hydrogen-bond acceptors (Lipinski definition) is 2. The number of hydrogen-bond donors (Lipinski definition) is 1. The highest BCUT2D eigenvalue weighted by Gasteiger charge is 2.19. The molecule has 0 spiro atoms. The van der Waals surface area contributed by atoms with E-state index in [2.05, 4.69) is 0 Å². The highest BCUT2D eigenvalue weighted by molar-refractivity contribution is 7.57. The van der Waals surface area contributed by atoms with E-state index in [0.717, 1.165) is 5.56 Å². The van der Waals surface area contributed by atoms with E-state index >= 15 is 0 Å². The van der Waals surface area contributed by atoms with Gasteiger partial charge < -0.3 is 4.89 Å². The fraction of sp³-hybridized carbons (Fsp3) is 0.300. The molecule has 0 aromatic heterocycles. The van der Waals surface area contributed by atoms with Crippen molar-refractivity contribution in [3.8, 4) is 0 Å². The van der Waals surface area contributed by atoms with Gasteiger partial charge in [0.05, 0.1) is 0 Å². The zero-order valence-electron chi connectivity index (χ0n) is 8.51. The summed E-state index contributed by atoms with van der Waals surface area (Å²) in [5.41, 5.74) is 0.797. The van der Waals surface area contributed by atoms with Gasteiger partial charge in [-0.15, -0.1) is 12.4 Å². The van der Waals surface area contributed by atoms with E-state index in [-0.39, 0.29) is 31.2 Å². The molecule has 0 bridgehead atoms. The van der Waals surface area contributed by atoms with Crippen LogP contribution < -0.4 is 0 Å². The lowest BCUT2D eigenvalue weighted by atomic mass is 10.2. The Balaban J connectivity index is 0.00000225. The SMILES string of the molecule is Cl.O=C(Cl)CCP(=O)(O)Cc1ccccc1. The first-order valence-corrected chi connectivity index (χ1v) is 6.93. The van der Waals surface area contributed by atoms with Gasteiger partial charge in [0.1, 0.15) is 0 Å². The molecule has 3 nitrogen and oxygen atoms in total. The van der Waals surface area contributed by atoms with Crippen molar-refractivity contribution in [2.75, 3.05) is 6.16 Å². The highest BCUT2D eigenvalue weighted by atomic mass is 35.5. The standard InChI is InChI=1S/C10H12ClO3P.ClH/c11-10(12)6-7-15(13,14)8-9-4-2-1-3-5-9;/h1-5H,6-8H2,(H,13,14);1H. The van der Waals surface area contributed by atoms with Crippen LogP contribution in [0.1, 0.15) is 12.0 Å². The summed E-state index contributed by atoms with van der Waals surface area (Å²) in [7, 11) is -3.27. The molecule has 0 saturated carbocycles. The van der Waals surface area contributed by atoms with Gasteiger partial charge in [0, 0.05) is 18.7 Å². The van der Waals surface area contributed by atoms with Crippen molar-refractivity contribution in [2.45, 2.75) is 12.6 Å². The van der Waals surface area contributed by atoms with Crippen molar-refractivity contribution < 1.29 is 14.3 Å². The van der Waals surface area contributed by atoms with Crippen LogP contribution in [0.4, 0.5) is 0 Å². The Labute approximate surface area is 106 Å². The van der Waals surface area contributed by atoms with E-state index in [4.69, 9.17) is 11.6 Å². The Morgan fingerprint density at radius 1 is 1.31 bits per heavy atom. The number of rotatable bonds is 5. The molecule has 16 heavy (non-hydrogen) atoms. The van der Waals surface area contributed by atoms with E-state index in [1.807, 2.05) is 18.2 Å². The first-order valence-electron chi connectivity index (χ1n) is 4.53. The van der Waals surface area contributed by atoms with Crippen LogP contribution in [0.3, 0.4) is 0 Å². The van der Waals surface area contributed by atoms with Gasteiger partial charge >= 0.3 is 0 Å². The summed E-state index contributed by atoms with van der Waals surface area (Å²) in [6.07, 6.45) is -0.00952. The largest absolute Gasteiger partial charge is 0.344 e. The minimum absolute atomic E-state index is 0. The topological polar surface area (TPSA) is 54.4 Å². The fourth-order valence-electron chi connectivity index (χ4n) is 1.21. The molecule has 0 aliphatic heterocycles. The third kappa shape index (κ3) is 6.29. The Kier molecular flexibility index (Phi) is 6.93. The van der Waals surface area contributed by atoms with Crippen molar-refractivity contribution >= 4 is 36.6 Å². The number of carbonyl (C=O) groups excluding carboxylic acids is 1. The molecule has 0 aliphatic carbocycles. The minimum Gasteiger partial charge on any atom is -0.344 e. The van der Waals surface area contributed by atoms with Gasteiger partial charge in [-0.1, -0.05) is 30.3 Å². The van der Waals surface area contributed by atoms with Gasteiger partial charge in [0.15, 0.2) is 0 Å². The minimum atomic E-state index is -3.27. The van der Waals surface area contributed by atoms with Crippen LogP contribution in [0.5, 0.6) is 0 Å². The predicted octanol–water partition coefficient (Wildman–Crippen LogP) is 3.03. The molecule has 6 heteroatoms. The van der Waals surface area contributed by atoms with Crippen LogP contribution >= 0.6 is 31.4 Å². The Morgan fingerprint density at radius 2 is 1.88 bits per heavy atom. The molecule has 1 aromatic rings. The second-order valence-electron chi connectivity index (χ2n) is 3.32. The van der Waals surface area contributed by atoms with Crippen LogP contribution in [0.25, 0.3) is 0 Å². The zero-order chi connectivity index (χ0) is 11.3. The third-order valence-corrected chi connectivity index (χ3v) is 3.90. The van der Waals surface area contributed by atoms with Gasteiger partial charge in [-0.3, -0.25) is 9.36 Å². The van der Waals surface area contributed by atoms with E-state index in [1.54, 1.807) is 12.1 Å². The van der Waals surface area contributed by atoms with E-state index in [1.165, 1.54) is 0 Å². The highest BCUT2D eigenvalue weighted by Crippen LogP contribution is 2.44. The molecule has 1 atom stereocenters. The van der Waals surface area contributed by atoms with E-state index < -0.39 is 12.6 Å². The molecule has 0 amide bonds. The normalized spacial score (nSPS) is 13.6. The molecular weight excluding hydrogens is 270 g/mol. The Morgan fingerprint density at radius 3 is 2.38 bits per heavy atom. The molecule has 0 fully saturated rings. The van der Waals surface area contributed by atoms with Gasteiger partial charge in [0.25, 0.3) is 0 Å². The van der Waals surface area contributed by atoms with Crippen LogP contribution in [0, 0.1) is 0 Å². The van der Waals surface area contributed by atoms with Gasteiger partial charge in [-0.25, -0.2) is 0 Å². The van der Waals surface area contributed by atoms with Crippen LogP contribution in [0.2, 0.25) is 0 Å². The Bertz CT molecular complexity index is 381. The average Bonchev–Trinajstić information content (AvgIpc) is 2.16. The third-order valence-electron chi connectivity index (χ3n) is 1.93. The summed E-state index contributed by atoms with van der Waals surface area (Å²) in [5, 5.41) is -0.572. The Hall–Kier alpha value is -0.340. The van der Waals surface area contributed by atoms with Crippen molar-refractivity contribution in [3.63, 3.8) is 0 Å². The van der Waals surface area contributed by atoms with Crippen molar-refractivity contribution in [3.05, 3.63) is 35.9 Å². The molecule has 90 valence electrons. The number of carbonyl (C=O) groups is 1. The maximum atomic E-state index is 11.6. The van der Waals surface area contributed by atoms with Crippen molar-refractivity contribution in [1.29, 1.82) is 0 Å². The summed E-state index contributed by atoms with van der Waals surface area (Å²) in [6, 6.07) is 9.02. The van der Waals surface area contributed by atoms with Crippen LogP contribution in [-0.4, -0.2) is 16.3 Å². The lowest BCUT2D eigenvalue weighted by molar-refractivity contribution is -0.111. The quantitative estimate of drug-likeness (QED) is 0.667. The molecule has 0 aliphatic rings. The summed E-state index contributed by atoms with van der Waals surface area (Å²) in [6.45, 7) is 0. The molecule has 0 heterocycles.